The third kappa shape index (κ3) is 2.20. The van der Waals surface area contributed by atoms with Gasteiger partial charge in [0.15, 0.2) is 0 Å². The Morgan fingerprint density at radius 2 is 1.07 bits per heavy atom. The van der Waals surface area contributed by atoms with Crippen LogP contribution in [0.2, 0.25) is 0 Å². The molecule has 1 nitrogen and oxygen atoms in total. The van der Waals surface area contributed by atoms with E-state index in [-0.39, 0.29) is 10.8 Å². The summed E-state index contributed by atoms with van der Waals surface area (Å²) in [7, 11) is 2.10. The molecule has 1 heterocycles. The van der Waals surface area contributed by atoms with Crippen molar-refractivity contribution in [3.63, 3.8) is 0 Å². The number of hydrogen-bond acceptors (Lipinski definition) is 0. The normalized spacial score (nSPS) is 13.4. The fraction of sp³-hybridized carbons (Fsp3) is 0.692. The van der Waals surface area contributed by atoms with Gasteiger partial charge in [0.05, 0.1) is 0 Å². The van der Waals surface area contributed by atoms with Gasteiger partial charge >= 0.3 is 0 Å². The Kier molecular flexibility index (Phi) is 2.55. The van der Waals surface area contributed by atoms with Crippen molar-refractivity contribution >= 4 is 0 Å². The van der Waals surface area contributed by atoms with Crippen molar-refractivity contribution < 1.29 is 0 Å². The Bertz CT molecular complexity index is 286. The number of aromatic nitrogens is 1. The molecule has 80 valence electrons. The predicted octanol–water partition coefficient (Wildman–Crippen LogP) is 3.62. The third-order valence-corrected chi connectivity index (χ3v) is 2.57. The van der Waals surface area contributed by atoms with Gasteiger partial charge in [-0.25, -0.2) is 0 Å². The molecule has 1 heteroatoms. The molecule has 0 aromatic carbocycles. The summed E-state index contributed by atoms with van der Waals surface area (Å²) in [5.74, 6) is 0. The largest absolute Gasteiger partial charge is 0.357 e. The Morgan fingerprint density at radius 1 is 0.786 bits per heavy atom. The van der Waals surface area contributed by atoms with Crippen molar-refractivity contribution in [1.29, 1.82) is 0 Å². The van der Waals surface area contributed by atoms with Crippen LogP contribution in [-0.4, -0.2) is 4.57 Å². The van der Waals surface area contributed by atoms with Gasteiger partial charge in [-0.3, -0.25) is 0 Å². The Balaban J connectivity index is 3.31. The van der Waals surface area contributed by atoms with Gasteiger partial charge in [-0.2, -0.15) is 0 Å². The summed E-state index contributed by atoms with van der Waals surface area (Å²) in [4.78, 5) is 0. The molecule has 0 spiro atoms. The molecule has 0 saturated heterocycles. The Hall–Kier alpha value is -0.720. The summed E-state index contributed by atoms with van der Waals surface area (Å²) in [5, 5.41) is 0. The molecule has 0 amide bonds. The highest BCUT2D eigenvalue weighted by atomic mass is 14.9. The van der Waals surface area contributed by atoms with Crippen molar-refractivity contribution in [3.8, 4) is 0 Å². The first-order valence-electron chi connectivity index (χ1n) is 5.29. The smallest absolute Gasteiger partial charge is 0.0106 e. The molecule has 1 aromatic rings. The van der Waals surface area contributed by atoms with Gasteiger partial charge in [-0.1, -0.05) is 41.5 Å². The van der Waals surface area contributed by atoms with Crippen LogP contribution in [0.3, 0.4) is 0 Å². The molecule has 0 N–H and O–H groups in total. The van der Waals surface area contributed by atoms with Crippen LogP contribution >= 0.6 is 0 Å². The molecule has 0 unspecified atom stereocenters. The van der Waals surface area contributed by atoms with Crippen molar-refractivity contribution in [2.75, 3.05) is 0 Å². The molecule has 14 heavy (non-hydrogen) atoms. The second-order valence-electron chi connectivity index (χ2n) is 6.25. The summed E-state index contributed by atoms with van der Waals surface area (Å²) < 4.78 is 2.17. The fourth-order valence-corrected chi connectivity index (χ4v) is 1.78. The lowest BCUT2D eigenvalue weighted by Crippen LogP contribution is -2.19. The minimum atomic E-state index is 0.240. The zero-order chi connectivity index (χ0) is 11.1. The van der Waals surface area contributed by atoms with Gasteiger partial charge in [0.2, 0.25) is 0 Å². The maximum Gasteiger partial charge on any atom is 0.0106 e. The Labute approximate surface area is 88.1 Å². The maximum absolute atomic E-state index is 2.28. The molecular weight excluding hydrogens is 170 g/mol. The van der Waals surface area contributed by atoms with Gasteiger partial charge in [0.1, 0.15) is 0 Å². The van der Waals surface area contributed by atoms with E-state index in [1.54, 1.807) is 0 Å². The summed E-state index contributed by atoms with van der Waals surface area (Å²) in [5.41, 5.74) is 3.41. The summed E-state index contributed by atoms with van der Waals surface area (Å²) >= 11 is 0. The van der Waals surface area contributed by atoms with Crippen LogP contribution in [0.25, 0.3) is 0 Å². The lowest BCUT2D eigenvalue weighted by atomic mass is 9.78. The van der Waals surface area contributed by atoms with Crippen LogP contribution in [0.5, 0.6) is 0 Å². The monoisotopic (exact) mass is 193 g/mol. The topological polar surface area (TPSA) is 4.93 Å². The number of aryl methyl sites for hydroxylation is 1. The van der Waals surface area contributed by atoms with E-state index < -0.39 is 0 Å². The number of rotatable bonds is 0. The summed E-state index contributed by atoms with van der Waals surface area (Å²) in [6, 6.07) is 0. The van der Waals surface area contributed by atoms with Gasteiger partial charge in [-0.05, 0) is 22.0 Å². The molecule has 1 aromatic heterocycles. The minimum Gasteiger partial charge on any atom is -0.357 e. The first-order chi connectivity index (χ1) is 6.12. The average molecular weight is 193 g/mol. The first-order valence-corrected chi connectivity index (χ1v) is 5.29. The molecule has 0 aliphatic rings. The molecule has 0 aliphatic heterocycles. The first kappa shape index (κ1) is 11.4. The highest BCUT2D eigenvalue weighted by Crippen LogP contribution is 2.34. The van der Waals surface area contributed by atoms with Crippen LogP contribution < -0.4 is 0 Å². The molecule has 0 aliphatic carbocycles. The number of hydrogen-bond donors (Lipinski definition) is 0. The average Bonchev–Trinajstić information content (AvgIpc) is 2.27. The highest BCUT2D eigenvalue weighted by molar-refractivity contribution is 5.35. The molecule has 0 saturated carbocycles. The van der Waals surface area contributed by atoms with E-state index in [1.165, 1.54) is 11.1 Å². The van der Waals surface area contributed by atoms with Crippen LogP contribution in [0, 0.1) is 0 Å². The minimum absolute atomic E-state index is 0.240. The molecule has 1 rings (SSSR count). The maximum atomic E-state index is 2.28. The van der Waals surface area contributed by atoms with E-state index in [4.69, 9.17) is 0 Å². The van der Waals surface area contributed by atoms with E-state index in [2.05, 4.69) is 65.6 Å². The highest BCUT2D eigenvalue weighted by Gasteiger charge is 2.26. The van der Waals surface area contributed by atoms with Crippen molar-refractivity contribution in [2.45, 2.75) is 52.4 Å². The quantitative estimate of drug-likeness (QED) is 0.593. The molecule has 0 fully saturated rings. The van der Waals surface area contributed by atoms with E-state index in [0.29, 0.717) is 0 Å². The Morgan fingerprint density at radius 3 is 1.29 bits per heavy atom. The van der Waals surface area contributed by atoms with E-state index >= 15 is 0 Å². The van der Waals surface area contributed by atoms with Gasteiger partial charge in [-0.15, -0.1) is 0 Å². The zero-order valence-electron chi connectivity index (χ0n) is 10.6. The lowest BCUT2D eigenvalue weighted by Gasteiger charge is -2.26. The van der Waals surface area contributed by atoms with Crippen LogP contribution in [-0.2, 0) is 17.9 Å². The van der Waals surface area contributed by atoms with Crippen molar-refractivity contribution in [1.82, 2.24) is 4.57 Å². The van der Waals surface area contributed by atoms with E-state index in [1.807, 2.05) is 0 Å². The standard InChI is InChI=1S/C13H23N/c1-12(2,3)10-8-14(7)9-11(10)13(4,5)6/h8-9H,1-7H3. The number of nitrogens with zero attached hydrogens (tertiary/aromatic N) is 1. The predicted molar refractivity (Wildman–Crippen MR) is 62.8 cm³/mol. The SMILES string of the molecule is Cn1cc(C(C)(C)C)c(C(C)(C)C)c1. The van der Waals surface area contributed by atoms with E-state index in [0.717, 1.165) is 0 Å². The summed E-state index contributed by atoms with van der Waals surface area (Å²) in [6.45, 7) is 13.7. The van der Waals surface area contributed by atoms with E-state index in [9.17, 15) is 0 Å². The molecule has 0 atom stereocenters. The molecule has 0 bridgehead atoms. The lowest BCUT2D eigenvalue weighted by molar-refractivity contribution is 0.534. The van der Waals surface area contributed by atoms with Crippen molar-refractivity contribution in [3.05, 3.63) is 23.5 Å². The second-order valence-corrected chi connectivity index (χ2v) is 6.25. The van der Waals surface area contributed by atoms with Crippen molar-refractivity contribution in [2.24, 2.45) is 7.05 Å². The van der Waals surface area contributed by atoms with Gasteiger partial charge < -0.3 is 4.57 Å². The molecular formula is C13H23N. The second kappa shape index (κ2) is 3.15. The fourth-order valence-electron chi connectivity index (χ4n) is 1.78. The van der Waals surface area contributed by atoms with Crippen LogP contribution in [0.1, 0.15) is 52.7 Å². The van der Waals surface area contributed by atoms with Crippen LogP contribution in [0.4, 0.5) is 0 Å². The van der Waals surface area contributed by atoms with Gasteiger partial charge in [0.25, 0.3) is 0 Å². The van der Waals surface area contributed by atoms with Gasteiger partial charge in [0, 0.05) is 19.4 Å². The third-order valence-electron chi connectivity index (χ3n) is 2.57. The zero-order valence-corrected chi connectivity index (χ0v) is 10.6. The van der Waals surface area contributed by atoms with Crippen LogP contribution in [0.15, 0.2) is 12.4 Å². The summed E-state index contributed by atoms with van der Waals surface area (Å²) in [6.07, 6.45) is 4.50. The molecule has 0 radical (unpaired) electrons.